The lowest BCUT2D eigenvalue weighted by molar-refractivity contribution is -0.117. The number of amides is 1. The van der Waals surface area contributed by atoms with Crippen LogP contribution in [0.1, 0.15) is 6.92 Å². The van der Waals surface area contributed by atoms with Crippen molar-refractivity contribution in [2.24, 2.45) is 0 Å². The molecule has 1 atom stereocenters. The number of carbonyl (C=O) groups is 1. The number of thioether (sulfide) groups is 1. The number of halogens is 1. The van der Waals surface area contributed by atoms with E-state index in [2.05, 4.69) is 15.9 Å². The molecule has 0 aliphatic rings. The Bertz CT molecular complexity index is 697. The lowest BCUT2D eigenvalue weighted by Gasteiger charge is -2.21. The SMILES string of the molecule is C#CCN(C(=O)C(C)SC)c1sc(-c2cccnc2)nc1Cl. The monoisotopic (exact) mass is 351 g/mol. The first-order valence-corrected chi connectivity index (χ1v) is 8.91. The van der Waals surface area contributed by atoms with E-state index in [0.717, 1.165) is 5.56 Å². The van der Waals surface area contributed by atoms with Crippen molar-refractivity contribution in [2.45, 2.75) is 12.2 Å². The molecule has 1 amide bonds. The average Bonchev–Trinajstić information content (AvgIpc) is 2.93. The van der Waals surface area contributed by atoms with Crippen molar-refractivity contribution < 1.29 is 4.79 Å². The molecule has 0 saturated carbocycles. The third-order valence-corrected chi connectivity index (χ3v) is 5.35. The quantitative estimate of drug-likeness (QED) is 0.772. The van der Waals surface area contributed by atoms with Gasteiger partial charge in [0, 0.05) is 18.0 Å². The number of terminal acetylenes is 1. The number of pyridine rings is 1. The largest absolute Gasteiger partial charge is 0.288 e. The Kier molecular flexibility index (Phi) is 5.83. The number of aromatic nitrogens is 2. The predicted molar refractivity (Wildman–Crippen MR) is 94.5 cm³/mol. The van der Waals surface area contributed by atoms with Crippen molar-refractivity contribution in [3.63, 3.8) is 0 Å². The first kappa shape index (κ1) is 16.8. The van der Waals surface area contributed by atoms with E-state index in [1.807, 2.05) is 25.3 Å². The molecule has 2 rings (SSSR count). The van der Waals surface area contributed by atoms with Crippen LogP contribution in [0.4, 0.5) is 5.00 Å². The highest BCUT2D eigenvalue weighted by atomic mass is 35.5. The van der Waals surface area contributed by atoms with Crippen molar-refractivity contribution in [1.29, 1.82) is 0 Å². The van der Waals surface area contributed by atoms with Gasteiger partial charge in [0.1, 0.15) is 10.0 Å². The number of carbonyl (C=O) groups excluding carboxylic acids is 1. The van der Waals surface area contributed by atoms with Gasteiger partial charge in [0.05, 0.1) is 11.8 Å². The second-order valence-electron chi connectivity index (χ2n) is 4.36. The number of thiazole rings is 1. The Hall–Kier alpha value is -1.55. The summed E-state index contributed by atoms with van der Waals surface area (Å²) in [5.74, 6) is 2.43. The molecule has 2 heterocycles. The van der Waals surface area contributed by atoms with E-state index in [-0.39, 0.29) is 22.9 Å². The van der Waals surface area contributed by atoms with Gasteiger partial charge in [0.15, 0.2) is 5.15 Å². The molecule has 0 bridgehead atoms. The second kappa shape index (κ2) is 7.63. The van der Waals surface area contributed by atoms with Gasteiger partial charge in [0.25, 0.3) is 0 Å². The maximum Gasteiger partial charge on any atom is 0.241 e. The summed E-state index contributed by atoms with van der Waals surface area (Å²) in [5.41, 5.74) is 0.853. The molecule has 0 spiro atoms. The number of nitrogens with zero attached hydrogens (tertiary/aromatic N) is 3. The summed E-state index contributed by atoms with van der Waals surface area (Å²) < 4.78 is 0. The molecule has 7 heteroatoms. The molecule has 0 aliphatic carbocycles. The van der Waals surface area contributed by atoms with Gasteiger partial charge in [-0.2, -0.15) is 11.8 Å². The summed E-state index contributed by atoms with van der Waals surface area (Å²) >= 11 is 9.02. The van der Waals surface area contributed by atoms with E-state index in [0.29, 0.717) is 10.0 Å². The molecule has 114 valence electrons. The Labute approximate surface area is 142 Å². The van der Waals surface area contributed by atoms with Crippen LogP contribution in [0.5, 0.6) is 0 Å². The van der Waals surface area contributed by atoms with Crippen molar-refractivity contribution >= 4 is 45.6 Å². The van der Waals surface area contributed by atoms with Gasteiger partial charge in [-0.25, -0.2) is 4.98 Å². The van der Waals surface area contributed by atoms with E-state index in [1.165, 1.54) is 28.0 Å². The van der Waals surface area contributed by atoms with Gasteiger partial charge in [-0.05, 0) is 25.3 Å². The number of anilines is 1. The normalized spacial score (nSPS) is 11.7. The molecule has 22 heavy (non-hydrogen) atoms. The molecule has 2 aromatic heterocycles. The van der Waals surface area contributed by atoms with Gasteiger partial charge in [-0.15, -0.1) is 6.42 Å². The molecular formula is C15H14ClN3OS2. The topological polar surface area (TPSA) is 46.1 Å². The highest BCUT2D eigenvalue weighted by molar-refractivity contribution is 7.99. The fourth-order valence-electron chi connectivity index (χ4n) is 1.73. The summed E-state index contributed by atoms with van der Waals surface area (Å²) in [6.07, 6.45) is 10.7. The molecule has 1 unspecified atom stereocenters. The van der Waals surface area contributed by atoms with Crippen LogP contribution in [-0.4, -0.2) is 33.9 Å². The zero-order valence-corrected chi connectivity index (χ0v) is 14.5. The van der Waals surface area contributed by atoms with Crippen LogP contribution in [0, 0.1) is 12.3 Å². The van der Waals surface area contributed by atoms with E-state index in [4.69, 9.17) is 18.0 Å². The molecule has 0 fully saturated rings. The summed E-state index contributed by atoms with van der Waals surface area (Å²) in [6, 6.07) is 3.72. The fraction of sp³-hybridized carbons (Fsp3) is 0.267. The molecular weight excluding hydrogens is 338 g/mol. The summed E-state index contributed by atoms with van der Waals surface area (Å²) in [6.45, 7) is 2.01. The minimum Gasteiger partial charge on any atom is -0.288 e. The third kappa shape index (κ3) is 3.61. The van der Waals surface area contributed by atoms with Crippen molar-refractivity contribution in [1.82, 2.24) is 9.97 Å². The fourth-order valence-corrected chi connectivity index (χ4v) is 3.37. The summed E-state index contributed by atoms with van der Waals surface area (Å²) in [4.78, 5) is 22.4. The van der Waals surface area contributed by atoms with Crippen LogP contribution in [0.3, 0.4) is 0 Å². The molecule has 0 saturated heterocycles. The number of hydrogen-bond donors (Lipinski definition) is 0. The smallest absolute Gasteiger partial charge is 0.241 e. The van der Waals surface area contributed by atoms with Crippen LogP contribution in [0.15, 0.2) is 24.5 Å². The molecule has 4 nitrogen and oxygen atoms in total. The Morgan fingerprint density at radius 2 is 2.41 bits per heavy atom. The van der Waals surface area contributed by atoms with E-state index < -0.39 is 0 Å². The summed E-state index contributed by atoms with van der Waals surface area (Å²) in [5, 5.41) is 1.36. The van der Waals surface area contributed by atoms with Crippen LogP contribution in [0.25, 0.3) is 10.6 Å². The predicted octanol–water partition coefficient (Wildman–Crippen LogP) is 3.58. The maximum atomic E-state index is 12.5. The molecule has 0 aromatic carbocycles. The summed E-state index contributed by atoms with van der Waals surface area (Å²) in [7, 11) is 0. The van der Waals surface area contributed by atoms with Crippen molar-refractivity contribution in [3.8, 4) is 22.9 Å². The second-order valence-corrected chi connectivity index (χ2v) is 6.88. The Morgan fingerprint density at radius 1 is 1.64 bits per heavy atom. The van der Waals surface area contributed by atoms with Crippen LogP contribution >= 0.6 is 34.7 Å². The Morgan fingerprint density at radius 3 is 3.00 bits per heavy atom. The zero-order chi connectivity index (χ0) is 16.1. The van der Waals surface area contributed by atoms with Crippen LogP contribution in [0.2, 0.25) is 5.15 Å². The Balaban J connectivity index is 2.39. The third-order valence-electron chi connectivity index (χ3n) is 2.94. The van der Waals surface area contributed by atoms with Crippen LogP contribution in [-0.2, 0) is 4.79 Å². The number of rotatable bonds is 5. The molecule has 0 radical (unpaired) electrons. The van der Waals surface area contributed by atoms with Gasteiger partial charge in [-0.3, -0.25) is 14.7 Å². The minimum atomic E-state index is -0.201. The van der Waals surface area contributed by atoms with Crippen molar-refractivity contribution in [3.05, 3.63) is 29.7 Å². The van der Waals surface area contributed by atoms with Gasteiger partial charge < -0.3 is 0 Å². The van der Waals surface area contributed by atoms with E-state index >= 15 is 0 Å². The molecule has 2 aromatic rings. The lowest BCUT2D eigenvalue weighted by atomic mass is 10.3. The minimum absolute atomic E-state index is 0.0752. The van der Waals surface area contributed by atoms with Gasteiger partial charge >= 0.3 is 0 Å². The van der Waals surface area contributed by atoms with Gasteiger partial charge in [-0.1, -0.05) is 28.9 Å². The van der Waals surface area contributed by atoms with Crippen LogP contribution < -0.4 is 4.90 Å². The molecule has 0 N–H and O–H groups in total. The standard InChI is InChI=1S/C15H14ClN3OS2/c1-4-8-19(14(20)10(2)21-3)15-12(16)18-13(22-15)11-6-5-7-17-9-11/h1,5-7,9-10H,8H2,2-3H3. The average molecular weight is 352 g/mol. The molecule has 0 aliphatic heterocycles. The van der Waals surface area contributed by atoms with E-state index in [9.17, 15) is 4.79 Å². The number of hydrogen-bond acceptors (Lipinski definition) is 5. The zero-order valence-electron chi connectivity index (χ0n) is 12.1. The first-order chi connectivity index (χ1) is 10.6. The maximum absolute atomic E-state index is 12.5. The highest BCUT2D eigenvalue weighted by Gasteiger charge is 2.25. The lowest BCUT2D eigenvalue weighted by Crippen LogP contribution is -2.36. The van der Waals surface area contributed by atoms with E-state index in [1.54, 1.807) is 12.4 Å². The first-order valence-electron chi connectivity index (χ1n) is 6.42. The highest BCUT2D eigenvalue weighted by Crippen LogP contribution is 2.38. The van der Waals surface area contributed by atoms with Crippen molar-refractivity contribution in [2.75, 3.05) is 17.7 Å². The van der Waals surface area contributed by atoms with Gasteiger partial charge in [0.2, 0.25) is 5.91 Å².